The summed E-state index contributed by atoms with van der Waals surface area (Å²) in [5.74, 6) is -0.992. The third kappa shape index (κ3) is 7.42. The topological polar surface area (TPSA) is 125 Å². The van der Waals surface area contributed by atoms with Crippen LogP contribution in [0.15, 0.2) is 48.9 Å². The number of aromatic nitrogens is 3. The van der Waals surface area contributed by atoms with E-state index < -0.39 is 11.6 Å². The van der Waals surface area contributed by atoms with E-state index in [0.717, 1.165) is 57.5 Å². The number of amides is 2. The number of nitrogens with zero attached hydrogens (tertiary/aromatic N) is 4. The number of nitrogens with one attached hydrogen (secondary N) is 4. The minimum Gasteiger partial charge on any atom is -0.494 e. The van der Waals surface area contributed by atoms with Crippen molar-refractivity contribution in [1.82, 2.24) is 35.2 Å². The first-order valence-electron chi connectivity index (χ1n) is 16.6. The van der Waals surface area contributed by atoms with Crippen molar-refractivity contribution in [3.63, 3.8) is 0 Å². The molecule has 254 valence electrons. The number of rotatable bonds is 12. The van der Waals surface area contributed by atoms with Crippen molar-refractivity contribution >= 4 is 29.0 Å². The fourth-order valence-electron chi connectivity index (χ4n) is 6.50. The summed E-state index contributed by atoms with van der Waals surface area (Å²) in [5, 5.41) is 12.8. The maximum Gasteiger partial charge on any atom is 0.251 e. The molecule has 0 aliphatic carbocycles. The lowest BCUT2D eigenvalue weighted by molar-refractivity contribution is -0.122. The van der Waals surface area contributed by atoms with Crippen molar-refractivity contribution in [2.75, 3.05) is 58.2 Å². The van der Waals surface area contributed by atoms with Gasteiger partial charge in [0, 0.05) is 42.3 Å². The van der Waals surface area contributed by atoms with E-state index in [4.69, 9.17) is 4.74 Å². The Hall–Kier alpha value is -4.62. The van der Waals surface area contributed by atoms with Crippen molar-refractivity contribution in [1.29, 1.82) is 0 Å². The maximum atomic E-state index is 14.9. The van der Waals surface area contributed by atoms with E-state index in [9.17, 15) is 18.4 Å². The quantitative estimate of drug-likeness (QED) is 0.179. The standard InChI is InChI=1S/C35H42F2N8O3/c1-3-24-16-25(43-33-34-41-20-28(45(34)15-12-39-33)27-6-7-29(48-2)32(37)31(27)36)4-5-26(24)35(47)42-18-22-9-13-44(14-10-22)21-30(46)40-19-23-8-11-38-17-23/h4-7,12,15-16,20,22-23,38H,3,8-11,13-14,17-19,21H2,1-2H3,(H,39,43)(H,40,46)(H,42,47). The second kappa shape index (κ2) is 15.1. The molecule has 2 saturated heterocycles. The molecule has 2 aromatic heterocycles. The van der Waals surface area contributed by atoms with Gasteiger partial charge >= 0.3 is 0 Å². The number of ether oxygens (including phenoxy) is 1. The number of carbonyl (C=O) groups excluding carboxylic acids is 2. The van der Waals surface area contributed by atoms with Gasteiger partial charge in [0.25, 0.3) is 5.91 Å². The molecule has 0 saturated carbocycles. The second-order valence-corrected chi connectivity index (χ2v) is 12.5. The number of aryl methyl sites for hydroxylation is 1. The van der Waals surface area contributed by atoms with E-state index in [-0.39, 0.29) is 23.1 Å². The van der Waals surface area contributed by atoms with Gasteiger partial charge in [0.15, 0.2) is 23.0 Å². The highest BCUT2D eigenvalue weighted by atomic mass is 19.2. The predicted molar refractivity (Wildman–Crippen MR) is 179 cm³/mol. The van der Waals surface area contributed by atoms with Crippen molar-refractivity contribution in [3.8, 4) is 17.0 Å². The smallest absolute Gasteiger partial charge is 0.251 e. The molecule has 11 nitrogen and oxygen atoms in total. The number of carbonyl (C=O) groups is 2. The molecular weight excluding hydrogens is 618 g/mol. The fourth-order valence-corrected chi connectivity index (χ4v) is 6.50. The summed E-state index contributed by atoms with van der Waals surface area (Å²) in [4.78, 5) is 36.7. The van der Waals surface area contributed by atoms with Crippen molar-refractivity contribution < 1.29 is 23.1 Å². The number of halogens is 2. The maximum absolute atomic E-state index is 14.9. The van der Waals surface area contributed by atoms with Crippen LogP contribution in [-0.2, 0) is 11.2 Å². The van der Waals surface area contributed by atoms with E-state index in [1.165, 1.54) is 25.4 Å². The van der Waals surface area contributed by atoms with Gasteiger partial charge in [0.2, 0.25) is 11.7 Å². The van der Waals surface area contributed by atoms with Gasteiger partial charge in [-0.3, -0.25) is 18.9 Å². The van der Waals surface area contributed by atoms with Gasteiger partial charge in [-0.15, -0.1) is 0 Å². The highest BCUT2D eigenvalue weighted by molar-refractivity contribution is 5.96. The van der Waals surface area contributed by atoms with Crippen LogP contribution in [0, 0.1) is 23.5 Å². The molecule has 1 atom stereocenters. The molecule has 2 aromatic carbocycles. The number of piperidine rings is 1. The Morgan fingerprint density at radius 1 is 1.02 bits per heavy atom. The van der Waals surface area contributed by atoms with Crippen LogP contribution >= 0.6 is 0 Å². The first-order chi connectivity index (χ1) is 23.3. The highest BCUT2D eigenvalue weighted by Gasteiger charge is 2.23. The third-order valence-electron chi connectivity index (χ3n) is 9.34. The number of fused-ring (bicyclic) bond motifs is 1. The van der Waals surface area contributed by atoms with Gasteiger partial charge in [0.05, 0.1) is 25.5 Å². The molecule has 0 radical (unpaired) electrons. The number of benzene rings is 2. The summed E-state index contributed by atoms with van der Waals surface area (Å²) in [6, 6.07) is 8.35. The summed E-state index contributed by atoms with van der Waals surface area (Å²) in [5.41, 5.74) is 3.03. The number of hydrogen-bond acceptors (Lipinski definition) is 8. The lowest BCUT2D eigenvalue weighted by atomic mass is 9.96. The Bertz CT molecular complexity index is 1770. The Kier molecular flexibility index (Phi) is 10.5. The van der Waals surface area contributed by atoms with Crippen LogP contribution in [0.3, 0.4) is 0 Å². The summed E-state index contributed by atoms with van der Waals surface area (Å²) in [6.07, 6.45) is 8.26. The van der Waals surface area contributed by atoms with Crippen molar-refractivity contribution in [2.24, 2.45) is 11.8 Å². The first-order valence-corrected chi connectivity index (χ1v) is 16.6. The zero-order chi connectivity index (χ0) is 33.6. The van der Waals surface area contributed by atoms with Crippen LogP contribution in [0.1, 0.15) is 42.1 Å². The first kappa shape index (κ1) is 33.3. The number of imidazole rings is 1. The van der Waals surface area contributed by atoms with Gasteiger partial charge in [-0.25, -0.2) is 14.4 Å². The van der Waals surface area contributed by atoms with Gasteiger partial charge in [0.1, 0.15) is 0 Å². The molecular formula is C35H42F2N8O3. The zero-order valence-electron chi connectivity index (χ0n) is 27.3. The number of hydrogen-bond donors (Lipinski definition) is 4. The Balaban J connectivity index is 1.04. The van der Waals surface area contributed by atoms with Gasteiger partial charge in [-0.2, -0.15) is 4.39 Å². The summed E-state index contributed by atoms with van der Waals surface area (Å²) < 4.78 is 35.8. The van der Waals surface area contributed by atoms with Crippen LogP contribution in [0.2, 0.25) is 0 Å². The minimum absolute atomic E-state index is 0.0439. The Labute approximate surface area is 278 Å². The monoisotopic (exact) mass is 660 g/mol. The van der Waals surface area contributed by atoms with E-state index in [0.29, 0.717) is 59.8 Å². The SMILES string of the molecule is CCc1cc(Nc2nccn3c(-c4ccc(OC)c(F)c4F)cnc23)ccc1C(=O)NCC1CCN(CC(=O)NCC2CCNC2)CC1. The van der Waals surface area contributed by atoms with Crippen LogP contribution in [0.4, 0.5) is 20.3 Å². The molecule has 13 heteroatoms. The number of methoxy groups -OCH3 is 1. The largest absolute Gasteiger partial charge is 0.494 e. The fraction of sp³-hybridized carbons (Fsp3) is 0.429. The molecule has 2 aliphatic rings. The van der Waals surface area contributed by atoms with Gasteiger partial charge in [-0.05, 0) is 99.6 Å². The normalized spacial score (nSPS) is 17.0. The summed E-state index contributed by atoms with van der Waals surface area (Å²) in [6.45, 7) is 7.42. The van der Waals surface area contributed by atoms with Gasteiger partial charge in [-0.1, -0.05) is 6.92 Å². The Morgan fingerprint density at radius 2 is 1.83 bits per heavy atom. The summed E-state index contributed by atoms with van der Waals surface area (Å²) in [7, 11) is 1.28. The van der Waals surface area contributed by atoms with E-state index in [1.807, 2.05) is 19.1 Å². The molecule has 0 spiro atoms. The second-order valence-electron chi connectivity index (χ2n) is 12.5. The lowest BCUT2D eigenvalue weighted by Gasteiger charge is -2.31. The Morgan fingerprint density at radius 3 is 2.58 bits per heavy atom. The average molecular weight is 661 g/mol. The molecule has 4 aromatic rings. The molecule has 4 N–H and O–H groups in total. The van der Waals surface area contributed by atoms with E-state index >= 15 is 0 Å². The van der Waals surface area contributed by atoms with Crippen LogP contribution in [0.25, 0.3) is 16.9 Å². The molecule has 2 aliphatic heterocycles. The van der Waals surface area contributed by atoms with E-state index in [2.05, 4.69) is 36.1 Å². The number of likely N-dealkylation sites (tertiary alicyclic amines) is 1. The zero-order valence-corrected chi connectivity index (χ0v) is 27.3. The highest BCUT2D eigenvalue weighted by Crippen LogP contribution is 2.32. The van der Waals surface area contributed by atoms with Crippen LogP contribution < -0.4 is 26.0 Å². The predicted octanol–water partition coefficient (Wildman–Crippen LogP) is 4.16. The number of anilines is 2. The van der Waals surface area contributed by atoms with Gasteiger partial charge < -0.3 is 26.0 Å². The van der Waals surface area contributed by atoms with Crippen LogP contribution in [0.5, 0.6) is 5.75 Å². The van der Waals surface area contributed by atoms with Crippen LogP contribution in [-0.4, -0.2) is 84.0 Å². The molecule has 1 unspecified atom stereocenters. The van der Waals surface area contributed by atoms with Crippen molar-refractivity contribution in [3.05, 3.63) is 71.7 Å². The lowest BCUT2D eigenvalue weighted by Crippen LogP contribution is -2.44. The molecule has 2 fully saturated rings. The average Bonchev–Trinajstić information content (AvgIpc) is 3.79. The summed E-state index contributed by atoms with van der Waals surface area (Å²) >= 11 is 0. The van der Waals surface area contributed by atoms with E-state index in [1.54, 1.807) is 22.9 Å². The van der Waals surface area contributed by atoms with Crippen molar-refractivity contribution in [2.45, 2.75) is 32.6 Å². The molecule has 48 heavy (non-hydrogen) atoms. The molecule has 4 heterocycles. The third-order valence-corrected chi connectivity index (χ3v) is 9.34. The molecule has 6 rings (SSSR count). The molecule has 2 amide bonds. The minimum atomic E-state index is -1.07. The molecule has 0 bridgehead atoms.